The van der Waals surface area contributed by atoms with E-state index in [1.165, 1.54) is 7.11 Å². The second-order valence-electron chi connectivity index (χ2n) is 8.40. The summed E-state index contributed by atoms with van der Waals surface area (Å²) in [5, 5.41) is 47.4. The molecule has 0 saturated carbocycles. The molecule has 0 aliphatic rings. The Hall–Kier alpha value is -4.74. The standard InChI is InChI=1S/C28H29N5O6/c1-17-13-25(33-31-23-7-3-18-14-19(29)4-6-21(18)28(23)36)26(37-2)16-24(17)32-30-22-8-5-20(38-11-9-34)15-27(22)39-12-10-35/h3-8,13-16,34-36H,9-12,29H2,1-2H3. The highest BCUT2D eigenvalue weighted by Crippen LogP contribution is 2.40. The molecule has 4 rings (SSSR count). The van der Waals surface area contributed by atoms with Gasteiger partial charge >= 0.3 is 0 Å². The van der Waals surface area contributed by atoms with Crippen molar-refractivity contribution in [1.82, 2.24) is 0 Å². The SMILES string of the molecule is COc1cc(N=Nc2ccc(OCCO)cc2OCCO)c(C)cc1N=Nc1ccc2cc(N)ccc2c1O. The van der Waals surface area contributed by atoms with Crippen molar-refractivity contribution < 1.29 is 29.5 Å². The van der Waals surface area contributed by atoms with Gasteiger partial charge in [-0.15, -0.1) is 15.3 Å². The van der Waals surface area contributed by atoms with Gasteiger partial charge in [0.2, 0.25) is 0 Å². The van der Waals surface area contributed by atoms with Gasteiger partial charge in [0.25, 0.3) is 0 Å². The minimum absolute atomic E-state index is 0.00404. The number of fused-ring (bicyclic) bond motifs is 1. The Labute approximate surface area is 224 Å². The van der Waals surface area contributed by atoms with Crippen LogP contribution in [0.25, 0.3) is 10.8 Å². The van der Waals surface area contributed by atoms with Gasteiger partial charge < -0.3 is 35.3 Å². The molecule has 0 aliphatic carbocycles. The number of azo groups is 2. The summed E-state index contributed by atoms with van der Waals surface area (Å²) in [5.74, 6) is 1.28. The van der Waals surface area contributed by atoms with Crippen LogP contribution in [0.2, 0.25) is 0 Å². The second-order valence-corrected chi connectivity index (χ2v) is 8.40. The molecular formula is C28H29N5O6. The monoisotopic (exact) mass is 531 g/mol. The summed E-state index contributed by atoms with van der Waals surface area (Å²) in [5.41, 5.74) is 8.90. The van der Waals surface area contributed by atoms with Crippen molar-refractivity contribution in [2.24, 2.45) is 20.5 Å². The van der Waals surface area contributed by atoms with Gasteiger partial charge in [-0.2, -0.15) is 5.11 Å². The summed E-state index contributed by atoms with van der Waals surface area (Å²) >= 11 is 0. The van der Waals surface area contributed by atoms with Crippen molar-refractivity contribution in [3.05, 3.63) is 66.2 Å². The molecule has 0 saturated heterocycles. The number of aliphatic hydroxyl groups is 2. The molecule has 0 amide bonds. The molecule has 4 aromatic rings. The van der Waals surface area contributed by atoms with Crippen molar-refractivity contribution in [3.8, 4) is 23.0 Å². The van der Waals surface area contributed by atoms with Gasteiger partial charge in [0.05, 0.1) is 26.0 Å². The third kappa shape index (κ3) is 6.58. The van der Waals surface area contributed by atoms with E-state index in [1.54, 1.807) is 54.6 Å². The van der Waals surface area contributed by atoms with Gasteiger partial charge in [0.15, 0.2) is 11.5 Å². The Morgan fingerprint density at radius 3 is 2.18 bits per heavy atom. The molecule has 0 radical (unpaired) electrons. The largest absolute Gasteiger partial charge is 0.505 e. The number of methoxy groups -OCH3 is 1. The Morgan fingerprint density at radius 1 is 0.718 bits per heavy atom. The highest BCUT2D eigenvalue weighted by Gasteiger charge is 2.11. The molecular weight excluding hydrogens is 502 g/mol. The number of rotatable bonds is 11. The lowest BCUT2D eigenvalue weighted by Gasteiger charge is -2.11. The van der Waals surface area contributed by atoms with E-state index in [1.807, 2.05) is 13.0 Å². The van der Waals surface area contributed by atoms with Crippen molar-refractivity contribution in [2.75, 3.05) is 39.3 Å². The summed E-state index contributed by atoms with van der Waals surface area (Å²) in [7, 11) is 1.51. The van der Waals surface area contributed by atoms with Gasteiger partial charge in [0, 0.05) is 23.2 Å². The first-order valence-corrected chi connectivity index (χ1v) is 12.1. The number of hydrogen-bond donors (Lipinski definition) is 4. The van der Waals surface area contributed by atoms with Crippen LogP contribution in [0.15, 0.2) is 81.1 Å². The first-order chi connectivity index (χ1) is 18.9. The van der Waals surface area contributed by atoms with E-state index in [0.717, 1.165) is 10.9 Å². The number of benzene rings is 4. The van der Waals surface area contributed by atoms with Crippen molar-refractivity contribution in [2.45, 2.75) is 6.92 Å². The molecule has 0 atom stereocenters. The van der Waals surface area contributed by atoms with Crippen LogP contribution in [0, 0.1) is 6.92 Å². The lowest BCUT2D eigenvalue weighted by Crippen LogP contribution is -2.04. The smallest absolute Gasteiger partial charge is 0.150 e. The van der Waals surface area contributed by atoms with Gasteiger partial charge in [-0.25, -0.2) is 0 Å². The Balaban J connectivity index is 1.60. The summed E-state index contributed by atoms with van der Waals surface area (Å²) < 4.78 is 16.5. The summed E-state index contributed by atoms with van der Waals surface area (Å²) in [6.45, 7) is 1.76. The predicted octanol–water partition coefficient (Wildman–Crippen LogP) is 6.02. The normalized spacial score (nSPS) is 11.5. The van der Waals surface area contributed by atoms with Gasteiger partial charge in [-0.05, 0) is 60.3 Å². The molecule has 0 heterocycles. The average molecular weight is 532 g/mol. The second kappa shape index (κ2) is 12.7. The highest BCUT2D eigenvalue weighted by molar-refractivity contribution is 5.94. The first kappa shape index (κ1) is 27.3. The number of hydrogen-bond acceptors (Lipinski definition) is 11. The molecule has 0 spiro atoms. The van der Waals surface area contributed by atoms with Crippen LogP contribution < -0.4 is 19.9 Å². The number of nitrogen functional groups attached to an aromatic ring is 1. The molecule has 39 heavy (non-hydrogen) atoms. The zero-order chi connectivity index (χ0) is 27.8. The van der Waals surface area contributed by atoms with Crippen molar-refractivity contribution in [3.63, 3.8) is 0 Å². The maximum atomic E-state index is 10.7. The molecule has 0 aromatic heterocycles. The molecule has 0 fully saturated rings. The van der Waals surface area contributed by atoms with E-state index in [-0.39, 0.29) is 32.2 Å². The lowest BCUT2D eigenvalue weighted by molar-refractivity contribution is 0.195. The number of nitrogens with two attached hydrogens (primary N) is 1. The number of nitrogens with zero attached hydrogens (tertiary/aromatic N) is 4. The van der Waals surface area contributed by atoms with Crippen LogP contribution in [0.5, 0.6) is 23.0 Å². The van der Waals surface area contributed by atoms with Crippen molar-refractivity contribution in [1.29, 1.82) is 0 Å². The van der Waals surface area contributed by atoms with E-state index < -0.39 is 0 Å². The van der Waals surface area contributed by atoms with Crippen LogP contribution >= 0.6 is 0 Å². The molecule has 0 aliphatic heterocycles. The number of phenolic OH excluding ortho intramolecular Hbond substituents is 1. The Kier molecular flexibility index (Phi) is 8.87. The average Bonchev–Trinajstić information content (AvgIpc) is 2.94. The number of aliphatic hydroxyl groups excluding tert-OH is 2. The van der Waals surface area contributed by atoms with Crippen LogP contribution in [0.3, 0.4) is 0 Å². The fourth-order valence-electron chi connectivity index (χ4n) is 3.73. The quantitative estimate of drug-likeness (QED) is 0.136. The van der Waals surface area contributed by atoms with E-state index in [4.69, 9.17) is 30.2 Å². The maximum absolute atomic E-state index is 10.7. The number of aromatic hydroxyl groups is 1. The van der Waals surface area contributed by atoms with Crippen LogP contribution in [-0.2, 0) is 0 Å². The summed E-state index contributed by atoms with van der Waals surface area (Å²) in [4.78, 5) is 0. The van der Waals surface area contributed by atoms with E-state index >= 15 is 0 Å². The summed E-state index contributed by atoms with van der Waals surface area (Å²) in [6.07, 6.45) is 0. The van der Waals surface area contributed by atoms with Gasteiger partial charge in [0.1, 0.15) is 41.8 Å². The third-order valence-electron chi connectivity index (χ3n) is 5.66. The summed E-state index contributed by atoms with van der Waals surface area (Å²) in [6, 6.07) is 17.1. The van der Waals surface area contributed by atoms with Crippen LogP contribution in [-0.4, -0.2) is 48.9 Å². The fourth-order valence-corrected chi connectivity index (χ4v) is 3.73. The molecule has 11 nitrogen and oxygen atoms in total. The van der Waals surface area contributed by atoms with E-state index in [2.05, 4.69) is 20.5 Å². The fraction of sp³-hybridized carbons (Fsp3) is 0.214. The molecule has 11 heteroatoms. The zero-order valence-corrected chi connectivity index (χ0v) is 21.5. The molecule has 0 bridgehead atoms. The van der Waals surface area contributed by atoms with Gasteiger partial charge in [-0.3, -0.25) is 0 Å². The molecule has 4 aromatic carbocycles. The minimum atomic E-state index is -0.170. The number of ether oxygens (including phenoxy) is 3. The number of aryl methyl sites for hydroxylation is 1. The molecule has 202 valence electrons. The molecule has 0 unspecified atom stereocenters. The highest BCUT2D eigenvalue weighted by atomic mass is 16.5. The van der Waals surface area contributed by atoms with E-state index in [9.17, 15) is 5.11 Å². The first-order valence-electron chi connectivity index (χ1n) is 12.1. The van der Waals surface area contributed by atoms with Crippen LogP contribution in [0.1, 0.15) is 5.56 Å². The predicted molar refractivity (Wildman–Crippen MR) is 148 cm³/mol. The van der Waals surface area contributed by atoms with E-state index in [0.29, 0.717) is 51.1 Å². The van der Waals surface area contributed by atoms with Crippen molar-refractivity contribution >= 4 is 39.2 Å². The topological polar surface area (TPSA) is 164 Å². The Bertz CT molecular complexity index is 1520. The zero-order valence-electron chi connectivity index (χ0n) is 21.5. The maximum Gasteiger partial charge on any atom is 0.150 e. The molecule has 5 N–H and O–H groups in total. The van der Waals surface area contributed by atoms with Gasteiger partial charge in [-0.1, -0.05) is 6.07 Å². The lowest BCUT2D eigenvalue weighted by atomic mass is 10.1. The Morgan fingerprint density at radius 2 is 1.41 bits per heavy atom. The number of anilines is 1. The van der Waals surface area contributed by atoms with Crippen LogP contribution in [0.4, 0.5) is 28.4 Å². The third-order valence-corrected chi connectivity index (χ3v) is 5.66. The minimum Gasteiger partial charge on any atom is -0.505 e. The number of phenols is 1.